The van der Waals surface area contributed by atoms with Gasteiger partial charge in [-0.25, -0.2) is 0 Å². The predicted molar refractivity (Wildman–Crippen MR) is 84.4 cm³/mol. The second kappa shape index (κ2) is 6.19. The van der Waals surface area contributed by atoms with E-state index in [4.69, 9.17) is 0 Å². The van der Waals surface area contributed by atoms with Crippen molar-refractivity contribution < 1.29 is 9.90 Å². The molecule has 0 saturated heterocycles. The van der Waals surface area contributed by atoms with Crippen molar-refractivity contribution in [3.05, 3.63) is 68.8 Å². The Hall–Kier alpha value is -1.36. The molecule has 0 saturated carbocycles. The van der Waals surface area contributed by atoms with Gasteiger partial charge in [0.25, 0.3) is 0 Å². The first-order chi connectivity index (χ1) is 9.06. The molecule has 2 rings (SSSR count). The lowest BCUT2D eigenvalue weighted by Gasteiger charge is -2.13. The fraction of sp³-hybridized carbons (Fsp3) is 0.188. The Morgan fingerprint density at radius 3 is 2.47 bits per heavy atom. The van der Waals surface area contributed by atoms with E-state index in [-0.39, 0.29) is 0 Å². The summed E-state index contributed by atoms with van der Waals surface area (Å²) in [6.07, 6.45) is 0.524. The molecule has 3 heteroatoms. The molecule has 0 fully saturated rings. The Bertz CT molecular complexity index is 576. The molecule has 1 N–H and O–H groups in total. The van der Waals surface area contributed by atoms with Gasteiger partial charge in [0.1, 0.15) is 0 Å². The molecular weight excluding hydrogens is 351 g/mol. The van der Waals surface area contributed by atoms with Gasteiger partial charge in [0.05, 0.1) is 5.92 Å². The van der Waals surface area contributed by atoms with E-state index >= 15 is 0 Å². The molecule has 1 unspecified atom stereocenters. The predicted octanol–water partition coefficient (Wildman–Crippen LogP) is 4.01. The third kappa shape index (κ3) is 3.80. The monoisotopic (exact) mass is 366 g/mol. The lowest BCUT2D eigenvalue weighted by Crippen LogP contribution is -2.14. The Kier molecular flexibility index (Phi) is 4.58. The van der Waals surface area contributed by atoms with Gasteiger partial charge < -0.3 is 5.11 Å². The molecule has 0 heterocycles. The van der Waals surface area contributed by atoms with Crippen LogP contribution in [0.15, 0.2) is 48.5 Å². The van der Waals surface area contributed by atoms with Gasteiger partial charge in [-0.05, 0) is 59.2 Å². The van der Waals surface area contributed by atoms with Crippen LogP contribution in [0.2, 0.25) is 0 Å². The summed E-state index contributed by atoms with van der Waals surface area (Å²) in [4.78, 5) is 11.5. The lowest BCUT2D eigenvalue weighted by molar-refractivity contribution is -0.138. The lowest BCUT2D eigenvalue weighted by atomic mass is 9.91. The molecule has 1 atom stereocenters. The Labute approximate surface area is 126 Å². The highest BCUT2D eigenvalue weighted by Gasteiger charge is 2.20. The fourth-order valence-corrected chi connectivity index (χ4v) is 2.45. The van der Waals surface area contributed by atoms with Crippen LogP contribution in [-0.2, 0) is 11.2 Å². The van der Waals surface area contributed by atoms with E-state index in [1.165, 1.54) is 0 Å². The highest BCUT2D eigenvalue weighted by molar-refractivity contribution is 14.1. The summed E-state index contributed by atoms with van der Waals surface area (Å²) in [6.45, 7) is 1.98. The zero-order chi connectivity index (χ0) is 13.8. The van der Waals surface area contributed by atoms with Gasteiger partial charge in [0, 0.05) is 3.57 Å². The topological polar surface area (TPSA) is 37.3 Å². The molecule has 19 heavy (non-hydrogen) atoms. The third-order valence-electron chi connectivity index (χ3n) is 3.10. The standard InChI is InChI=1S/C16H15IO2/c1-11-3-2-4-13(9-11)15(16(18)19)10-12-5-7-14(17)8-6-12/h2-9,15H,10H2,1H3,(H,18,19). The summed E-state index contributed by atoms with van der Waals surface area (Å²) in [6, 6.07) is 15.7. The van der Waals surface area contributed by atoms with Crippen LogP contribution in [0.25, 0.3) is 0 Å². The van der Waals surface area contributed by atoms with E-state index < -0.39 is 11.9 Å². The van der Waals surface area contributed by atoms with Crippen molar-refractivity contribution in [2.75, 3.05) is 0 Å². The highest BCUT2D eigenvalue weighted by atomic mass is 127. The molecule has 2 nitrogen and oxygen atoms in total. The molecule has 0 bridgehead atoms. The molecule has 2 aromatic rings. The molecule has 0 aliphatic heterocycles. The minimum Gasteiger partial charge on any atom is -0.481 e. The average Bonchev–Trinajstić information content (AvgIpc) is 2.37. The molecule has 0 aromatic heterocycles. The van der Waals surface area contributed by atoms with Gasteiger partial charge in [-0.2, -0.15) is 0 Å². The number of carbonyl (C=O) groups is 1. The smallest absolute Gasteiger partial charge is 0.311 e. The van der Waals surface area contributed by atoms with Crippen molar-refractivity contribution in [3.63, 3.8) is 0 Å². The molecule has 0 aliphatic rings. The van der Waals surface area contributed by atoms with E-state index in [1.54, 1.807) is 0 Å². The number of hydrogen-bond donors (Lipinski definition) is 1. The summed E-state index contributed by atoms with van der Waals surface area (Å²) in [5, 5.41) is 9.43. The van der Waals surface area contributed by atoms with Crippen molar-refractivity contribution >= 4 is 28.6 Å². The van der Waals surface area contributed by atoms with Crippen molar-refractivity contribution in [1.29, 1.82) is 0 Å². The van der Waals surface area contributed by atoms with Crippen molar-refractivity contribution in [2.24, 2.45) is 0 Å². The number of aryl methyl sites for hydroxylation is 1. The van der Waals surface area contributed by atoms with Gasteiger partial charge >= 0.3 is 5.97 Å². The molecule has 0 aliphatic carbocycles. The summed E-state index contributed by atoms with van der Waals surface area (Å²) in [7, 11) is 0. The van der Waals surface area contributed by atoms with Gasteiger partial charge in [-0.3, -0.25) is 4.79 Å². The summed E-state index contributed by atoms with van der Waals surface area (Å²) < 4.78 is 1.16. The van der Waals surface area contributed by atoms with E-state index in [2.05, 4.69) is 22.6 Å². The van der Waals surface area contributed by atoms with Crippen LogP contribution in [-0.4, -0.2) is 11.1 Å². The molecule has 2 aromatic carbocycles. The number of rotatable bonds is 4. The second-order valence-corrected chi connectivity index (χ2v) is 5.88. The number of carboxylic acid groups (broad SMARTS) is 1. The maximum Gasteiger partial charge on any atom is 0.311 e. The first-order valence-electron chi connectivity index (χ1n) is 6.10. The molecule has 0 radical (unpaired) electrons. The summed E-state index contributed by atoms with van der Waals surface area (Å²) >= 11 is 2.24. The maximum atomic E-state index is 11.5. The fourth-order valence-electron chi connectivity index (χ4n) is 2.09. The van der Waals surface area contributed by atoms with Crippen LogP contribution in [0, 0.1) is 10.5 Å². The summed E-state index contributed by atoms with van der Waals surface area (Å²) in [5.74, 6) is -1.26. The van der Waals surface area contributed by atoms with E-state index in [9.17, 15) is 9.90 Å². The van der Waals surface area contributed by atoms with Gasteiger partial charge in [0.2, 0.25) is 0 Å². The van der Waals surface area contributed by atoms with Crippen LogP contribution < -0.4 is 0 Å². The van der Waals surface area contributed by atoms with Crippen molar-refractivity contribution in [2.45, 2.75) is 19.3 Å². The molecular formula is C16H15IO2. The summed E-state index contributed by atoms with van der Waals surface area (Å²) in [5.41, 5.74) is 3.01. The Morgan fingerprint density at radius 1 is 1.21 bits per heavy atom. The quantitative estimate of drug-likeness (QED) is 0.831. The minimum atomic E-state index is -0.774. The molecule has 98 valence electrons. The first-order valence-corrected chi connectivity index (χ1v) is 7.18. The van der Waals surface area contributed by atoms with Crippen LogP contribution >= 0.6 is 22.6 Å². The van der Waals surface area contributed by atoms with Crippen LogP contribution in [0.4, 0.5) is 0 Å². The SMILES string of the molecule is Cc1cccc(C(Cc2ccc(I)cc2)C(=O)O)c1. The largest absolute Gasteiger partial charge is 0.481 e. The van der Waals surface area contributed by atoms with Crippen LogP contribution in [0.5, 0.6) is 0 Å². The number of benzene rings is 2. The van der Waals surface area contributed by atoms with Gasteiger partial charge in [-0.15, -0.1) is 0 Å². The molecule has 0 spiro atoms. The van der Waals surface area contributed by atoms with Crippen molar-refractivity contribution in [1.82, 2.24) is 0 Å². The molecule has 0 amide bonds. The van der Waals surface area contributed by atoms with Crippen LogP contribution in [0.3, 0.4) is 0 Å². The van der Waals surface area contributed by atoms with Crippen LogP contribution in [0.1, 0.15) is 22.6 Å². The number of carboxylic acids is 1. The average molecular weight is 366 g/mol. The zero-order valence-corrected chi connectivity index (χ0v) is 12.8. The third-order valence-corrected chi connectivity index (χ3v) is 3.81. The van der Waals surface area contributed by atoms with E-state index in [0.717, 1.165) is 20.3 Å². The van der Waals surface area contributed by atoms with E-state index in [0.29, 0.717) is 6.42 Å². The number of hydrogen-bond acceptors (Lipinski definition) is 1. The highest BCUT2D eigenvalue weighted by Crippen LogP contribution is 2.22. The van der Waals surface area contributed by atoms with E-state index in [1.807, 2.05) is 55.5 Å². The number of aliphatic carboxylic acids is 1. The zero-order valence-electron chi connectivity index (χ0n) is 10.6. The number of halogens is 1. The maximum absolute atomic E-state index is 11.5. The van der Waals surface area contributed by atoms with Crippen molar-refractivity contribution in [3.8, 4) is 0 Å². The second-order valence-electron chi connectivity index (χ2n) is 4.64. The Morgan fingerprint density at radius 2 is 1.89 bits per heavy atom. The minimum absolute atomic E-state index is 0.486. The van der Waals surface area contributed by atoms with Gasteiger partial charge in [0.15, 0.2) is 0 Å². The normalized spacial score (nSPS) is 12.1. The first kappa shape index (κ1) is 14.1. The van der Waals surface area contributed by atoms with Gasteiger partial charge in [-0.1, -0.05) is 42.0 Å². The Balaban J connectivity index is 2.26.